The quantitative estimate of drug-likeness (QED) is 0.119. The number of nitrogens with one attached hydrogen (secondary N) is 4. The zero-order valence-electron chi connectivity index (χ0n) is 28.8. The third-order valence-electron chi connectivity index (χ3n) is 8.99. The average molecular weight is 857 g/mol. The molecular formula is C40H29Br2FN12. The van der Waals surface area contributed by atoms with Gasteiger partial charge in [-0.15, -0.1) is 0 Å². The molecule has 0 fully saturated rings. The third-order valence-corrected chi connectivity index (χ3v) is 10.1. The van der Waals surface area contributed by atoms with Crippen LogP contribution in [0.4, 0.5) is 16.0 Å². The van der Waals surface area contributed by atoms with Gasteiger partial charge in [-0.1, -0.05) is 54.6 Å². The average Bonchev–Trinajstić information content (AvgIpc) is 4.04. The number of benzene rings is 4. The molecule has 10 aromatic rings. The van der Waals surface area contributed by atoms with Gasteiger partial charge in [0, 0.05) is 36.3 Å². The normalized spacial score (nSPS) is 11.3. The van der Waals surface area contributed by atoms with Gasteiger partial charge in [-0.3, -0.25) is 0 Å². The molecule has 4 aromatic carbocycles. The maximum Gasteiger partial charge on any atom is 0.172 e. The molecule has 0 spiro atoms. The minimum Gasteiger partial charge on any atom is -0.366 e. The van der Waals surface area contributed by atoms with Gasteiger partial charge in [-0.2, -0.15) is 19.2 Å². The molecule has 0 bridgehead atoms. The van der Waals surface area contributed by atoms with Crippen molar-refractivity contribution in [2.45, 2.75) is 13.1 Å². The van der Waals surface area contributed by atoms with Crippen molar-refractivity contribution < 1.29 is 4.39 Å². The van der Waals surface area contributed by atoms with E-state index in [2.05, 4.69) is 102 Å². The van der Waals surface area contributed by atoms with Crippen molar-refractivity contribution in [2.75, 3.05) is 10.6 Å². The fourth-order valence-corrected chi connectivity index (χ4v) is 6.95. The second-order valence-electron chi connectivity index (χ2n) is 12.6. The fourth-order valence-electron chi connectivity index (χ4n) is 6.26. The van der Waals surface area contributed by atoms with E-state index in [0.717, 1.165) is 70.7 Å². The molecule has 55 heavy (non-hydrogen) atoms. The first kappa shape index (κ1) is 34.3. The lowest BCUT2D eigenvalue weighted by atomic mass is 10.1. The Bertz CT molecular complexity index is 2950. The molecule has 15 heteroatoms. The Morgan fingerprint density at radius 1 is 0.600 bits per heavy atom. The van der Waals surface area contributed by atoms with Crippen LogP contribution in [-0.2, 0) is 13.1 Å². The summed E-state index contributed by atoms with van der Waals surface area (Å²) in [5.41, 5.74) is 10.5. The monoisotopic (exact) mass is 854 g/mol. The summed E-state index contributed by atoms with van der Waals surface area (Å²) in [4.78, 5) is 24.1. The van der Waals surface area contributed by atoms with Gasteiger partial charge in [0.15, 0.2) is 11.3 Å². The van der Waals surface area contributed by atoms with E-state index in [1.165, 1.54) is 6.07 Å². The summed E-state index contributed by atoms with van der Waals surface area (Å²) < 4.78 is 19.4. The van der Waals surface area contributed by atoms with Crippen LogP contribution in [0.1, 0.15) is 11.1 Å². The van der Waals surface area contributed by atoms with E-state index in [4.69, 9.17) is 4.98 Å². The molecule has 0 amide bonds. The first-order chi connectivity index (χ1) is 27.0. The van der Waals surface area contributed by atoms with Gasteiger partial charge >= 0.3 is 0 Å². The number of hydrogen-bond donors (Lipinski definition) is 4. The molecule has 4 N–H and O–H groups in total. The minimum absolute atomic E-state index is 0.314. The number of hydrogen-bond acceptors (Lipinski definition) is 8. The highest BCUT2D eigenvalue weighted by molar-refractivity contribution is 9.11. The van der Waals surface area contributed by atoms with Gasteiger partial charge in [0.05, 0.1) is 67.4 Å². The molecule has 10 rings (SSSR count). The van der Waals surface area contributed by atoms with Crippen LogP contribution in [0, 0.1) is 5.82 Å². The van der Waals surface area contributed by atoms with Crippen molar-refractivity contribution in [2.24, 2.45) is 0 Å². The maximum atomic E-state index is 14.3. The van der Waals surface area contributed by atoms with Crippen molar-refractivity contribution in [3.63, 3.8) is 0 Å². The number of imidazole rings is 2. The minimum atomic E-state index is -0.314. The van der Waals surface area contributed by atoms with Crippen LogP contribution in [0.3, 0.4) is 0 Å². The van der Waals surface area contributed by atoms with Crippen molar-refractivity contribution in [1.82, 2.24) is 49.1 Å². The predicted molar refractivity (Wildman–Crippen MR) is 219 cm³/mol. The summed E-state index contributed by atoms with van der Waals surface area (Å²) in [6, 6.07) is 32.8. The van der Waals surface area contributed by atoms with Gasteiger partial charge in [-0.25, -0.2) is 24.3 Å². The summed E-state index contributed by atoms with van der Waals surface area (Å²) in [5, 5.41) is 15.7. The fraction of sp³-hybridized carbons (Fsp3) is 0.0500. The molecule has 270 valence electrons. The smallest absolute Gasteiger partial charge is 0.172 e. The van der Waals surface area contributed by atoms with Crippen LogP contribution in [-0.4, -0.2) is 49.1 Å². The van der Waals surface area contributed by atoms with Gasteiger partial charge in [-0.05, 0) is 79.4 Å². The summed E-state index contributed by atoms with van der Waals surface area (Å²) >= 11 is 7.01. The molecule has 0 unspecified atom stereocenters. The number of aromatic nitrogens is 10. The summed E-state index contributed by atoms with van der Waals surface area (Å²) in [6.45, 7) is 1.24. The van der Waals surface area contributed by atoms with E-state index in [9.17, 15) is 4.39 Å². The maximum absolute atomic E-state index is 14.3. The Morgan fingerprint density at radius 3 is 1.71 bits per heavy atom. The van der Waals surface area contributed by atoms with E-state index < -0.39 is 0 Å². The molecule has 0 saturated heterocycles. The lowest BCUT2D eigenvalue weighted by Gasteiger charge is -2.11. The van der Waals surface area contributed by atoms with Crippen LogP contribution >= 0.6 is 31.9 Å². The summed E-state index contributed by atoms with van der Waals surface area (Å²) in [7, 11) is 0. The van der Waals surface area contributed by atoms with Crippen LogP contribution < -0.4 is 10.6 Å². The highest BCUT2D eigenvalue weighted by Gasteiger charge is 2.15. The summed E-state index contributed by atoms with van der Waals surface area (Å²) in [5.74, 6) is 1.29. The van der Waals surface area contributed by atoms with Crippen molar-refractivity contribution >= 4 is 76.9 Å². The lowest BCUT2D eigenvalue weighted by molar-refractivity contribution is 0.630. The Labute approximate surface area is 329 Å². The third kappa shape index (κ3) is 7.02. The van der Waals surface area contributed by atoms with E-state index in [-0.39, 0.29) is 5.82 Å². The first-order valence-corrected chi connectivity index (χ1v) is 18.8. The Hall–Kier alpha value is -6.45. The Balaban J connectivity index is 0.000000144. The zero-order valence-corrected chi connectivity index (χ0v) is 31.9. The lowest BCUT2D eigenvalue weighted by Crippen LogP contribution is -2.07. The van der Waals surface area contributed by atoms with Crippen molar-refractivity contribution in [3.8, 4) is 22.5 Å². The van der Waals surface area contributed by atoms with Gasteiger partial charge in [0.1, 0.15) is 17.5 Å². The molecule has 0 aliphatic heterocycles. The molecule has 6 aromatic heterocycles. The zero-order chi connectivity index (χ0) is 37.3. The number of halogens is 3. The highest BCUT2D eigenvalue weighted by Crippen LogP contribution is 2.29. The van der Waals surface area contributed by atoms with E-state index in [1.54, 1.807) is 53.8 Å². The second kappa shape index (κ2) is 14.8. The van der Waals surface area contributed by atoms with Crippen LogP contribution in [0.15, 0.2) is 137 Å². The molecule has 6 heterocycles. The molecule has 0 atom stereocenters. The van der Waals surface area contributed by atoms with Crippen molar-refractivity contribution in [3.05, 3.63) is 154 Å². The summed E-state index contributed by atoms with van der Waals surface area (Å²) in [6.07, 6.45) is 6.83. The van der Waals surface area contributed by atoms with E-state index >= 15 is 0 Å². The molecule has 12 nitrogen and oxygen atoms in total. The van der Waals surface area contributed by atoms with Crippen LogP contribution in [0.25, 0.3) is 55.9 Å². The predicted octanol–water partition coefficient (Wildman–Crippen LogP) is 9.43. The Kier molecular flexibility index (Phi) is 9.21. The number of fused-ring (bicyclic) bond motifs is 4. The number of anilines is 2. The standard InChI is InChI=1S/C20H14BrFN6.C20H15BrN6/c21-14-10-26-28-19(23-9-12-5-6-16-18(7-12)25-11-24-16)8-17(27-20(14)28)13-3-1-2-4-15(13)22;21-15-11-25-27-19(9-17(26-20(15)27)14-4-2-1-3-5-14)22-10-13-6-7-16-18(8-13)24-12-23-16/h1-8,10-11,23H,9H2,(H,24,25);1-9,11-12,22H,10H2,(H,23,24). The van der Waals surface area contributed by atoms with Gasteiger partial charge < -0.3 is 20.6 Å². The largest absolute Gasteiger partial charge is 0.366 e. The molecule has 0 saturated carbocycles. The second-order valence-corrected chi connectivity index (χ2v) is 14.3. The first-order valence-electron chi connectivity index (χ1n) is 17.2. The Morgan fingerprint density at radius 2 is 1.13 bits per heavy atom. The van der Waals surface area contributed by atoms with E-state index in [0.29, 0.717) is 30.0 Å². The number of aromatic amines is 2. The number of H-pyrrole nitrogens is 2. The van der Waals surface area contributed by atoms with E-state index in [1.807, 2.05) is 53.0 Å². The van der Waals surface area contributed by atoms with Crippen molar-refractivity contribution in [1.29, 1.82) is 0 Å². The van der Waals surface area contributed by atoms with Crippen LogP contribution in [0.2, 0.25) is 0 Å². The van der Waals surface area contributed by atoms with Gasteiger partial charge in [0.2, 0.25) is 0 Å². The molecular weight excluding hydrogens is 827 g/mol. The highest BCUT2D eigenvalue weighted by atomic mass is 79.9. The van der Waals surface area contributed by atoms with Crippen LogP contribution in [0.5, 0.6) is 0 Å². The number of nitrogens with zero attached hydrogens (tertiary/aromatic N) is 8. The van der Waals surface area contributed by atoms with Gasteiger partial charge in [0.25, 0.3) is 0 Å². The topological polar surface area (TPSA) is 142 Å². The molecule has 0 aliphatic carbocycles. The number of rotatable bonds is 8. The SMILES string of the molecule is Brc1cnn2c(NCc3ccc4nc[nH]c4c3)cc(-c3ccccc3)nc12.Fc1ccccc1-c1cc(NCc2ccc3nc[nH]c3c2)n2ncc(Br)c2n1. The molecule has 0 radical (unpaired) electrons. The molecule has 0 aliphatic rings.